The molecule has 0 bridgehead atoms. The second kappa shape index (κ2) is 7.64. The second-order valence-electron chi connectivity index (χ2n) is 5.78. The van der Waals surface area contributed by atoms with Gasteiger partial charge in [0.2, 0.25) is 10.0 Å². The summed E-state index contributed by atoms with van der Waals surface area (Å²) >= 11 is 6.04. The molecule has 0 amide bonds. The highest BCUT2D eigenvalue weighted by Gasteiger charge is 2.28. The molecule has 2 aromatic carbocycles. The summed E-state index contributed by atoms with van der Waals surface area (Å²) in [6.45, 7) is 4.61. The topological polar surface area (TPSA) is 49.9 Å². The number of nitrogens with zero attached hydrogens (tertiary/aromatic N) is 2. The molecule has 1 aliphatic heterocycles. The molecule has 1 heterocycles. The molecule has 1 saturated heterocycles. The van der Waals surface area contributed by atoms with Gasteiger partial charge in [0, 0.05) is 36.9 Å². The van der Waals surface area contributed by atoms with E-state index >= 15 is 0 Å². The van der Waals surface area contributed by atoms with Gasteiger partial charge in [0.05, 0.1) is 11.5 Å². The van der Waals surface area contributed by atoms with Crippen LogP contribution in [0.5, 0.6) is 5.75 Å². The second-order valence-corrected chi connectivity index (χ2v) is 8.15. The summed E-state index contributed by atoms with van der Waals surface area (Å²) in [6.07, 6.45) is 0. The maximum Gasteiger partial charge on any atom is 0.243 e. The number of piperazine rings is 1. The molecule has 1 aliphatic rings. The normalized spacial score (nSPS) is 16.0. The van der Waals surface area contributed by atoms with Crippen LogP contribution in [0, 0.1) is 0 Å². The fourth-order valence-corrected chi connectivity index (χ4v) is 4.49. The van der Waals surface area contributed by atoms with Gasteiger partial charge in [-0.3, -0.25) is 0 Å². The first-order valence-electron chi connectivity index (χ1n) is 8.24. The summed E-state index contributed by atoms with van der Waals surface area (Å²) in [5.41, 5.74) is 1.02. The molecule has 1 fully saturated rings. The van der Waals surface area contributed by atoms with Crippen molar-refractivity contribution in [2.45, 2.75) is 11.8 Å². The highest BCUT2D eigenvalue weighted by molar-refractivity contribution is 7.89. The maximum absolute atomic E-state index is 12.8. The lowest BCUT2D eigenvalue weighted by Gasteiger charge is -2.35. The van der Waals surface area contributed by atoms with Crippen molar-refractivity contribution in [1.29, 1.82) is 0 Å². The lowest BCUT2D eigenvalue weighted by atomic mass is 10.2. The lowest BCUT2D eigenvalue weighted by Crippen LogP contribution is -2.48. The minimum atomic E-state index is -3.48. The van der Waals surface area contributed by atoms with E-state index in [1.165, 1.54) is 4.31 Å². The molecule has 25 heavy (non-hydrogen) atoms. The van der Waals surface area contributed by atoms with E-state index in [0.29, 0.717) is 48.5 Å². The van der Waals surface area contributed by atoms with Gasteiger partial charge < -0.3 is 9.64 Å². The fraction of sp³-hybridized carbons (Fsp3) is 0.333. The minimum absolute atomic E-state index is 0.298. The molecular formula is C18H21ClN2O3S. The Hall–Kier alpha value is -1.76. The van der Waals surface area contributed by atoms with Crippen molar-refractivity contribution in [3.8, 4) is 5.75 Å². The van der Waals surface area contributed by atoms with E-state index in [1.54, 1.807) is 24.3 Å². The first-order valence-corrected chi connectivity index (χ1v) is 10.1. The number of halogens is 1. The molecule has 0 N–H and O–H groups in total. The summed E-state index contributed by atoms with van der Waals surface area (Å²) in [4.78, 5) is 2.45. The van der Waals surface area contributed by atoms with Gasteiger partial charge in [0.25, 0.3) is 0 Å². The smallest absolute Gasteiger partial charge is 0.243 e. The molecule has 0 unspecified atom stereocenters. The number of sulfonamides is 1. The quantitative estimate of drug-likeness (QED) is 0.799. The first kappa shape index (κ1) is 18.0. The van der Waals surface area contributed by atoms with E-state index < -0.39 is 10.0 Å². The van der Waals surface area contributed by atoms with Crippen LogP contribution in [0.4, 0.5) is 5.69 Å². The van der Waals surface area contributed by atoms with Gasteiger partial charge in [-0.25, -0.2) is 8.42 Å². The summed E-state index contributed by atoms with van der Waals surface area (Å²) in [5.74, 6) is 0.673. The van der Waals surface area contributed by atoms with Gasteiger partial charge in [-0.15, -0.1) is 0 Å². The molecule has 7 heteroatoms. The van der Waals surface area contributed by atoms with Crippen LogP contribution in [-0.2, 0) is 10.0 Å². The van der Waals surface area contributed by atoms with Crippen molar-refractivity contribution in [2.24, 2.45) is 0 Å². The minimum Gasteiger partial charge on any atom is -0.494 e. The monoisotopic (exact) mass is 380 g/mol. The van der Waals surface area contributed by atoms with Crippen LogP contribution >= 0.6 is 11.6 Å². The standard InChI is InChI=1S/C18H21ClN2O3S/c1-2-24-17-6-8-18(9-7-17)25(22,23)21-12-10-20(11-13-21)16-5-3-4-15(19)14-16/h3-9,14H,2,10-13H2,1H3. The molecule has 5 nitrogen and oxygen atoms in total. The predicted molar refractivity (Wildman–Crippen MR) is 100 cm³/mol. The number of benzene rings is 2. The van der Waals surface area contributed by atoms with Crippen LogP contribution < -0.4 is 9.64 Å². The Kier molecular flexibility index (Phi) is 5.51. The summed E-state index contributed by atoms with van der Waals surface area (Å²) < 4.78 is 32.5. The van der Waals surface area contributed by atoms with Crippen molar-refractivity contribution in [1.82, 2.24) is 4.31 Å². The zero-order chi connectivity index (χ0) is 17.9. The molecular weight excluding hydrogens is 360 g/mol. The van der Waals surface area contributed by atoms with Gasteiger partial charge in [-0.05, 0) is 49.4 Å². The van der Waals surface area contributed by atoms with Crippen LogP contribution in [-0.4, -0.2) is 45.5 Å². The summed E-state index contributed by atoms with van der Waals surface area (Å²) in [6, 6.07) is 14.2. The Morgan fingerprint density at radius 3 is 2.32 bits per heavy atom. The molecule has 0 radical (unpaired) electrons. The van der Waals surface area contributed by atoms with E-state index in [2.05, 4.69) is 4.90 Å². The Labute approximate surface area is 153 Å². The molecule has 2 aromatic rings. The van der Waals surface area contributed by atoms with Crippen molar-refractivity contribution < 1.29 is 13.2 Å². The molecule has 134 valence electrons. The van der Waals surface area contributed by atoms with Gasteiger partial charge in [-0.1, -0.05) is 17.7 Å². The Morgan fingerprint density at radius 2 is 1.72 bits per heavy atom. The third-order valence-electron chi connectivity index (χ3n) is 4.18. The van der Waals surface area contributed by atoms with Crippen LogP contribution in [0.25, 0.3) is 0 Å². The van der Waals surface area contributed by atoms with Gasteiger partial charge in [-0.2, -0.15) is 4.31 Å². The van der Waals surface area contributed by atoms with Gasteiger partial charge >= 0.3 is 0 Å². The van der Waals surface area contributed by atoms with Crippen molar-refractivity contribution in [3.05, 3.63) is 53.6 Å². The SMILES string of the molecule is CCOc1ccc(S(=O)(=O)N2CCN(c3cccc(Cl)c3)CC2)cc1. The third-order valence-corrected chi connectivity index (χ3v) is 6.33. The van der Waals surface area contributed by atoms with E-state index in [0.717, 1.165) is 5.69 Å². The van der Waals surface area contributed by atoms with Crippen LogP contribution in [0.1, 0.15) is 6.92 Å². The highest BCUT2D eigenvalue weighted by atomic mass is 35.5. The molecule has 0 aliphatic carbocycles. The average molecular weight is 381 g/mol. The van der Waals surface area contributed by atoms with Gasteiger partial charge in [0.15, 0.2) is 0 Å². The first-order chi connectivity index (χ1) is 12.0. The van der Waals surface area contributed by atoms with E-state index in [-0.39, 0.29) is 0 Å². The number of hydrogen-bond acceptors (Lipinski definition) is 4. The van der Waals surface area contributed by atoms with Gasteiger partial charge in [0.1, 0.15) is 5.75 Å². The van der Waals surface area contributed by atoms with Crippen molar-refractivity contribution in [3.63, 3.8) is 0 Å². The molecule has 3 rings (SSSR count). The summed E-state index contributed by atoms with van der Waals surface area (Å²) in [5, 5.41) is 0.682. The Bertz CT molecular complexity index is 816. The largest absolute Gasteiger partial charge is 0.494 e. The van der Waals surface area contributed by atoms with Crippen molar-refractivity contribution >= 4 is 27.3 Å². The van der Waals surface area contributed by atoms with E-state index in [4.69, 9.17) is 16.3 Å². The molecule has 0 atom stereocenters. The number of anilines is 1. The number of hydrogen-bond donors (Lipinski definition) is 0. The summed E-state index contributed by atoms with van der Waals surface area (Å²) in [7, 11) is -3.48. The fourth-order valence-electron chi connectivity index (χ4n) is 2.88. The number of ether oxygens (including phenoxy) is 1. The Morgan fingerprint density at radius 1 is 1.04 bits per heavy atom. The zero-order valence-corrected chi connectivity index (χ0v) is 15.6. The third kappa shape index (κ3) is 4.08. The molecule has 0 saturated carbocycles. The van der Waals surface area contributed by atoms with Crippen molar-refractivity contribution in [2.75, 3.05) is 37.7 Å². The maximum atomic E-state index is 12.8. The molecule has 0 spiro atoms. The predicted octanol–water partition coefficient (Wildman–Crippen LogP) is 3.25. The highest BCUT2D eigenvalue weighted by Crippen LogP contribution is 2.24. The van der Waals surface area contributed by atoms with E-state index in [9.17, 15) is 8.42 Å². The average Bonchev–Trinajstić information content (AvgIpc) is 2.63. The van der Waals surface area contributed by atoms with E-state index in [1.807, 2.05) is 31.2 Å². The number of rotatable bonds is 5. The van der Waals surface area contributed by atoms with Crippen LogP contribution in [0.2, 0.25) is 5.02 Å². The zero-order valence-electron chi connectivity index (χ0n) is 14.1. The van der Waals surface area contributed by atoms with Crippen LogP contribution in [0.3, 0.4) is 0 Å². The Balaban J connectivity index is 1.68. The van der Waals surface area contributed by atoms with Crippen LogP contribution in [0.15, 0.2) is 53.4 Å². The lowest BCUT2D eigenvalue weighted by molar-refractivity contribution is 0.340. The molecule has 0 aromatic heterocycles.